The first kappa shape index (κ1) is 19.9. The first-order valence-electron chi connectivity index (χ1n) is 8.78. The van der Waals surface area contributed by atoms with Crippen molar-refractivity contribution in [3.63, 3.8) is 0 Å². The second-order valence-electron chi connectivity index (χ2n) is 6.69. The molecule has 1 aromatic rings. The zero-order valence-electron chi connectivity index (χ0n) is 14.5. The van der Waals surface area contributed by atoms with E-state index in [9.17, 15) is 19.2 Å². The van der Waals surface area contributed by atoms with Crippen molar-refractivity contribution >= 4 is 47.8 Å². The van der Waals surface area contributed by atoms with Gasteiger partial charge in [0.1, 0.15) is 6.04 Å². The molecule has 27 heavy (non-hydrogen) atoms. The van der Waals surface area contributed by atoms with Crippen LogP contribution in [0.4, 0.5) is 0 Å². The molecule has 0 aromatic heterocycles. The summed E-state index contributed by atoms with van der Waals surface area (Å²) in [5, 5.41) is 5.93. The number of rotatable bonds is 3. The van der Waals surface area contributed by atoms with Crippen LogP contribution in [-0.4, -0.2) is 52.9 Å². The smallest absolute Gasteiger partial charge is 0.263 e. The number of imide groups is 2. The molecule has 3 heterocycles. The molecule has 1 atom stereocenters. The van der Waals surface area contributed by atoms with E-state index in [0.717, 1.165) is 35.7 Å². The van der Waals surface area contributed by atoms with Gasteiger partial charge in [-0.1, -0.05) is 6.07 Å². The maximum Gasteiger partial charge on any atom is 0.263 e. The molecule has 0 bridgehead atoms. The van der Waals surface area contributed by atoms with E-state index in [1.165, 1.54) is 0 Å². The summed E-state index contributed by atoms with van der Waals surface area (Å²) >= 11 is 1.63. The standard InChI is InChI=1S/C18H19N3O4S.ClH/c22-14-5-4-12(16(23)20-14)21-17(24)11-2-1-3-13(15(11)18(21)25)26-10-6-8-19-9-7-10;/h1-3,10,12,19H,4-9H2,(H,20,22,23);1H. The summed E-state index contributed by atoms with van der Waals surface area (Å²) < 4.78 is 0. The number of halogens is 1. The molecule has 1 aromatic carbocycles. The topological polar surface area (TPSA) is 95.6 Å². The molecule has 0 saturated carbocycles. The van der Waals surface area contributed by atoms with Crippen LogP contribution < -0.4 is 10.6 Å². The molecule has 3 aliphatic heterocycles. The Bertz CT molecular complexity index is 810. The lowest BCUT2D eigenvalue weighted by atomic mass is 10.0. The van der Waals surface area contributed by atoms with Crippen LogP contribution in [0.5, 0.6) is 0 Å². The van der Waals surface area contributed by atoms with Gasteiger partial charge < -0.3 is 5.32 Å². The molecule has 3 aliphatic rings. The summed E-state index contributed by atoms with van der Waals surface area (Å²) in [7, 11) is 0. The molecule has 0 aliphatic carbocycles. The predicted octanol–water partition coefficient (Wildman–Crippen LogP) is 1.35. The van der Waals surface area contributed by atoms with Crippen LogP contribution in [0.25, 0.3) is 0 Å². The fourth-order valence-electron chi connectivity index (χ4n) is 3.68. The second-order valence-corrected chi connectivity index (χ2v) is 8.04. The number of carbonyl (C=O) groups excluding carboxylic acids is 4. The van der Waals surface area contributed by atoms with E-state index in [1.54, 1.807) is 23.9 Å². The summed E-state index contributed by atoms with van der Waals surface area (Å²) in [6, 6.07) is 4.36. The lowest BCUT2D eigenvalue weighted by Crippen LogP contribution is -2.54. The largest absolute Gasteiger partial charge is 0.317 e. The zero-order valence-corrected chi connectivity index (χ0v) is 16.2. The van der Waals surface area contributed by atoms with Crippen LogP contribution in [0.2, 0.25) is 0 Å². The molecule has 4 amide bonds. The monoisotopic (exact) mass is 409 g/mol. The Hall–Kier alpha value is -1.90. The summed E-state index contributed by atoms with van der Waals surface area (Å²) in [5.41, 5.74) is 0.740. The second kappa shape index (κ2) is 8.00. The van der Waals surface area contributed by atoms with Crippen molar-refractivity contribution in [2.75, 3.05) is 13.1 Å². The average Bonchev–Trinajstić information content (AvgIpc) is 2.88. The van der Waals surface area contributed by atoms with Gasteiger partial charge in [-0.25, -0.2) is 0 Å². The van der Waals surface area contributed by atoms with E-state index in [0.29, 0.717) is 16.4 Å². The molecular weight excluding hydrogens is 390 g/mol. The number of piperidine rings is 2. The third-order valence-electron chi connectivity index (χ3n) is 5.01. The van der Waals surface area contributed by atoms with Crippen LogP contribution in [0.3, 0.4) is 0 Å². The SMILES string of the molecule is Cl.O=C1CCC(N2C(=O)c3cccc(SC4CCNCC4)c3C2=O)C(=O)N1. The summed E-state index contributed by atoms with van der Waals surface area (Å²) in [6.45, 7) is 1.89. The summed E-state index contributed by atoms with van der Waals surface area (Å²) in [6.07, 6.45) is 2.31. The number of carbonyl (C=O) groups is 4. The first-order valence-corrected chi connectivity index (χ1v) is 9.66. The molecule has 2 saturated heterocycles. The van der Waals surface area contributed by atoms with Crippen molar-refractivity contribution in [3.8, 4) is 0 Å². The van der Waals surface area contributed by atoms with Gasteiger partial charge in [0.05, 0.1) is 11.1 Å². The molecule has 0 spiro atoms. The molecule has 9 heteroatoms. The Kier molecular flexibility index (Phi) is 5.88. The van der Waals surface area contributed by atoms with Gasteiger partial charge in [-0.3, -0.25) is 29.4 Å². The van der Waals surface area contributed by atoms with Crippen LogP contribution >= 0.6 is 24.2 Å². The van der Waals surface area contributed by atoms with Gasteiger partial charge in [0.15, 0.2) is 0 Å². The van der Waals surface area contributed by atoms with Crippen molar-refractivity contribution < 1.29 is 19.2 Å². The van der Waals surface area contributed by atoms with E-state index < -0.39 is 23.8 Å². The molecule has 0 radical (unpaired) electrons. The predicted molar refractivity (Wildman–Crippen MR) is 102 cm³/mol. The van der Waals surface area contributed by atoms with E-state index in [1.807, 2.05) is 6.07 Å². The van der Waals surface area contributed by atoms with E-state index in [2.05, 4.69) is 10.6 Å². The zero-order chi connectivity index (χ0) is 18.3. The summed E-state index contributed by atoms with van der Waals surface area (Å²) in [4.78, 5) is 51.1. The lowest BCUT2D eigenvalue weighted by Gasteiger charge is -2.28. The third kappa shape index (κ3) is 3.61. The fourth-order valence-corrected chi connectivity index (χ4v) is 4.98. The number of hydrogen-bond donors (Lipinski definition) is 2. The van der Waals surface area contributed by atoms with Gasteiger partial charge >= 0.3 is 0 Å². The first-order chi connectivity index (χ1) is 12.6. The van der Waals surface area contributed by atoms with Crippen molar-refractivity contribution in [1.29, 1.82) is 0 Å². The van der Waals surface area contributed by atoms with Crippen LogP contribution in [0.15, 0.2) is 23.1 Å². The van der Waals surface area contributed by atoms with Gasteiger partial charge in [-0.15, -0.1) is 24.2 Å². The molecule has 7 nitrogen and oxygen atoms in total. The van der Waals surface area contributed by atoms with Crippen LogP contribution in [-0.2, 0) is 9.59 Å². The Morgan fingerprint density at radius 3 is 2.44 bits per heavy atom. The highest BCUT2D eigenvalue weighted by molar-refractivity contribution is 8.00. The highest BCUT2D eigenvalue weighted by atomic mass is 35.5. The molecule has 2 N–H and O–H groups in total. The molecule has 4 rings (SSSR count). The lowest BCUT2D eigenvalue weighted by molar-refractivity contribution is -0.136. The number of nitrogens with one attached hydrogen (secondary N) is 2. The van der Waals surface area contributed by atoms with E-state index in [-0.39, 0.29) is 31.2 Å². The van der Waals surface area contributed by atoms with Gasteiger partial charge in [-0.2, -0.15) is 0 Å². The number of benzene rings is 1. The number of hydrogen-bond acceptors (Lipinski definition) is 6. The van der Waals surface area contributed by atoms with Crippen molar-refractivity contribution in [3.05, 3.63) is 29.3 Å². The van der Waals surface area contributed by atoms with Crippen LogP contribution in [0, 0.1) is 0 Å². The number of thioether (sulfide) groups is 1. The van der Waals surface area contributed by atoms with Crippen LogP contribution in [0.1, 0.15) is 46.4 Å². The minimum Gasteiger partial charge on any atom is -0.317 e. The van der Waals surface area contributed by atoms with Gasteiger partial charge in [0.2, 0.25) is 11.8 Å². The molecular formula is C18H20ClN3O4S. The number of nitrogens with zero attached hydrogens (tertiary/aromatic N) is 1. The molecule has 1 unspecified atom stereocenters. The Labute approximate surface area is 167 Å². The molecule has 2 fully saturated rings. The number of fused-ring (bicyclic) bond motifs is 1. The van der Waals surface area contributed by atoms with Crippen molar-refractivity contribution in [2.45, 2.75) is 41.9 Å². The summed E-state index contributed by atoms with van der Waals surface area (Å²) in [5.74, 6) is -1.84. The van der Waals surface area contributed by atoms with Crippen molar-refractivity contribution in [1.82, 2.24) is 15.5 Å². The van der Waals surface area contributed by atoms with E-state index in [4.69, 9.17) is 0 Å². The quantitative estimate of drug-likeness (QED) is 0.732. The highest BCUT2D eigenvalue weighted by Gasteiger charge is 2.45. The van der Waals surface area contributed by atoms with Crippen molar-refractivity contribution in [2.24, 2.45) is 0 Å². The third-order valence-corrected chi connectivity index (χ3v) is 6.41. The normalized spacial score (nSPS) is 23.1. The van der Waals surface area contributed by atoms with Gasteiger partial charge in [0, 0.05) is 16.6 Å². The fraction of sp³-hybridized carbons (Fsp3) is 0.444. The minimum absolute atomic E-state index is 0. The maximum absolute atomic E-state index is 13.0. The minimum atomic E-state index is -0.920. The maximum atomic E-state index is 13.0. The average molecular weight is 410 g/mol. The Morgan fingerprint density at radius 2 is 1.74 bits per heavy atom. The Morgan fingerprint density at radius 1 is 1.00 bits per heavy atom. The van der Waals surface area contributed by atoms with E-state index >= 15 is 0 Å². The van der Waals surface area contributed by atoms with Gasteiger partial charge in [0.25, 0.3) is 11.8 Å². The Balaban J connectivity index is 0.00000210. The highest BCUT2D eigenvalue weighted by Crippen LogP contribution is 2.37. The molecule has 144 valence electrons. The van der Waals surface area contributed by atoms with Gasteiger partial charge in [-0.05, 0) is 44.5 Å². The number of amides is 4.